The van der Waals surface area contributed by atoms with E-state index in [1.165, 1.54) is 7.11 Å². The first-order valence-corrected chi connectivity index (χ1v) is 3.91. The predicted molar refractivity (Wildman–Crippen MR) is 52.4 cm³/mol. The SMILES string of the molecule is CNc1ccc(B(O)O)cc1OC. The van der Waals surface area contributed by atoms with Gasteiger partial charge in [0.1, 0.15) is 5.75 Å². The number of rotatable bonds is 3. The Balaban J connectivity index is 3.05. The van der Waals surface area contributed by atoms with Crippen LogP contribution >= 0.6 is 0 Å². The van der Waals surface area contributed by atoms with E-state index in [9.17, 15) is 0 Å². The van der Waals surface area contributed by atoms with Gasteiger partial charge in [0, 0.05) is 7.05 Å². The number of hydrogen-bond donors (Lipinski definition) is 3. The van der Waals surface area contributed by atoms with Gasteiger partial charge in [0.05, 0.1) is 12.8 Å². The molecule has 0 radical (unpaired) electrons. The Kier molecular flexibility index (Phi) is 3.16. The normalized spacial score (nSPS) is 9.54. The van der Waals surface area contributed by atoms with Crippen molar-refractivity contribution in [1.82, 2.24) is 0 Å². The van der Waals surface area contributed by atoms with Gasteiger partial charge < -0.3 is 20.1 Å². The Labute approximate surface area is 77.3 Å². The van der Waals surface area contributed by atoms with Crippen molar-refractivity contribution in [2.24, 2.45) is 0 Å². The number of methoxy groups -OCH3 is 1. The molecule has 0 aliphatic carbocycles. The van der Waals surface area contributed by atoms with Gasteiger partial charge in [-0.1, -0.05) is 6.07 Å². The molecule has 0 heterocycles. The minimum atomic E-state index is -1.46. The number of benzene rings is 1. The van der Waals surface area contributed by atoms with Crippen molar-refractivity contribution < 1.29 is 14.8 Å². The minimum absolute atomic E-state index is 0.413. The fourth-order valence-electron chi connectivity index (χ4n) is 1.07. The van der Waals surface area contributed by atoms with Crippen LogP contribution in [0.15, 0.2) is 18.2 Å². The average molecular weight is 181 g/mol. The summed E-state index contributed by atoms with van der Waals surface area (Å²) >= 11 is 0. The topological polar surface area (TPSA) is 61.7 Å². The number of anilines is 1. The number of ether oxygens (including phenoxy) is 1. The zero-order chi connectivity index (χ0) is 9.84. The van der Waals surface area contributed by atoms with Crippen molar-refractivity contribution in [3.63, 3.8) is 0 Å². The molecule has 4 nitrogen and oxygen atoms in total. The molecule has 1 rings (SSSR count). The summed E-state index contributed by atoms with van der Waals surface area (Å²) in [6, 6.07) is 4.93. The largest absolute Gasteiger partial charge is 0.495 e. The van der Waals surface area contributed by atoms with Crippen molar-refractivity contribution in [1.29, 1.82) is 0 Å². The van der Waals surface area contributed by atoms with Gasteiger partial charge in [-0.25, -0.2) is 0 Å². The first-order chi connectivity index (χ1) is 6.19. The zero-order valence-corrected chi connectivity index (χ0v) is 7.61. The van der Waals surface area contributed by atoms with E-state index in [0.29, 0.717) is 11.2 Å². The Morgan fingerprint density at radius 2 is 2.08 bits per heavy atom. The molecule has 1 aromatic rings. The van der Waals surface area contributed by atoms with Crippen LogP contribution < -0.4 is 15.5 Å². The molecule has 0 fully saturated rings. The van der Waals surface area contributed by atoms with Crippen LogP contribution in [0, 0.1) is 0 Å². The van der Waals surface area contributed by atoms with Gasteiger partial charge in [-0.15, -0.1) is 0 Å². The summed E-state index contributed by atoms with van der Waals surface area (Å²) in [7, 11) is 1.84. The zero-order valence-electron chi connectivity index (χ0n) is 7.61. The summed E-state index contributed by atoms with van der Waals surface area (Å²) in [6.45, 7) is 0. The van der Waals surface area contributed by atoms with Crippen molar-refractivity contribution in [3.8, 4) is 5.75 Å². The van der Waals surface area contributed by atoms with E-state index in [-0.39, 0.29) is 0 Å². The van der Waals surface area contributed by atoms with Crippen molar-refractivity contribution in [2.45, 2.75) is 0 Å². The fourth-order valence-corrected chi connectivity index (χ4v) is 1.07. The smallest absolute Gasteiger partial charge is 0.488 e. The van der Waals surface area contributed by atoms with E-state index in [1.54, 1.807) is 25.2 Å². The highest BCUT2D eigenvalue weighted by atomic mass is 16.5. The van der Waals surface area contributed by atoms with Gasteiger partial charge in [-0.05, 0) is 17.6 Å². The molecule has 0 saturated carbocycles. The molecule has 0 aliphatic heterocycles. The molecule has 0 atom stereocenters. The maximum Gasteiger partial charge on any atom is 0.488 e. The van der Waals surface area contributed by atoms with Crippen LogP contribution in [0.2, 0.25) is 0 Å². The molecule has 70 valence electrons. The second-order valence-electron chi connectivity index (χ2n) is 2.58. The van der Waals surface area contributed by atoms with Gasteiger partial charge in [0.15, 0.2) is 0 Å². The molecule has 13 heavy (non-hydrogen) atoms. The second kappa shape index (κ2) is 4.16. The quantitative estimate of drug-likeness (QED) is 0.545. The molecule has 1 aromatic carbocycles. The molecular weight excluding hydrogens is 169 g/mol. The minimum Gasteiger partial charge on any atom is -0.495 e. The molecular formula is C8H12BNO3. The lowest BCUT2D eigenvalue weighted by atomic mass is 9.80. The van der Waals surface area contributed by atoms with Crippen molar-refractivity contribution in [2.75, 3.05) is 19.5 Å². The van der Waals surface area contributed by atoms with Crippen LogP contribution in [0.1, 0.15) is 0 Å². The van der Waals surface area contributed by atoms with Gasteiger partial charge >= 0.3 is 7.12 Å². The predicted octanol–water partition coefficient (Wildman–Crippen LogP) is -0.583. The molecule has 0 spiro atoms. The molecule has 0 bridgehead atoms. The highest BCUT2D eigenvalue weighted by molar-refractivity contribution is 6.58. The van der Waals surface area contributed by atoms with E-state index < -0.39 is 7.12 Å². The van der Waals surface area contributed by atoms with Crippen LogP contribution in [-0.4, -0.2) is 31.3 Å². The van der Waals surface area contributed by atoms with Gasteiger partial charge in [-0.2, -0.15) is 0 Å². The van der Waals surface area contributed by atoms with Crippen LogP contribution in [0.5, 0.6) is 5.75 Å². The highest BCUT2D eigenvalue weighted by Gasteiger charge is 2.12. The van der Waals surface area contributed by atoms with Crippen LogP contribution in [0.3, 0.4) is 0 Å². The standard InChI is InChI=1S/C8H12BNO3/c1-10-7-4-3-6(9(11)12)5-8(7)13-2/h3-5,10-12H,1-2H3. The lowest BCUT2D eigenvalue weighted by Crippen LogP contribution is -2.29. The molecule has 5 heteroatoms. The molecule has 0 unspecified atom stereocenters. The lowest BCUT2D eigenvalue weighted by molar-refractivity contribution is 0.413. The van der Waals surface area contributed by atoms with Gasteiger partial charge in [0.2, 0.25) is 0 Å². The van der Waals surface area contributed by atoms with Crippen LogP contribution in [0.4, 0.5) is 5.69 Å². The molecule has 0 saturated heterocycles. The van der Waals surface area contributed by atoms with Gasteiger partial charge in [0.25, 0.3) is 0 Å². The van der Waals surface area contributed by atoms with Crippen molar-refractivity contribution in [3.05, 3.63) is 18.2 Å². The maximum absolute atomic E-state index is 8.89. The monoisotopic (exact) mass is 181 g/mol. The van der Waals surface area contributed by atoms with E-state index in [1.807, 2.05) is 0 Å². The highest BCUT2D eigenvalue weighted by Crippen LogP contribution is 2.21. The summed E-state index contributed by atoms with van der Waals surface area (Å²) in [6.07, 6.45) is 0. The third kappa shape index (κ3) is 2.14. The Hall–Kier alpha value is -1.20. The van der Waals surface area contributed by atoms with Crippen LogP contribution in [-0.2, 0) is 0 Å². The second-order valence-corrected chi connectivity index (χ2v) is 2.58. The Morgan fingerprint density at radius 1 is 1.38 bits per heavy atom. The maximum atomic E-state index is 8.89. The van der Waals surface area contributed by atoms with E-state index >= 15 is 0 Å². The lowest BCUT2D eigenvalue weighted by Gasteiger charge is -2.09. The Bertz CT molecular complexity index is 291. The summed E-state index contributed by atoms with van der Waals surface area (Å²) in [5.41, 5.74) is 1.22. The molecule has 3 N–H and O–H groups in total. The first kappa shape index (κ1) is 9.89. The average Bonchev–Trinajstić information content (AvgIpc) is 2.16. The van der Waals surface area contributed by atoms with Crippen LogP contribution in [0.25, 0.3) is 0 Å². The Morgan fingerprint density at radius 3 is 2.54 bits per heavy atom. The number of nitrogens with one attached hydrogen (secondary N) is 1. The van der Waals surface area contributed by atoms with E-state index in [4.69, 9.17) is 14.8 Å². The third-order valence-corrected chi connectivity index (χ3v) is 1.79. The molecule has 0 aliphatic rings. The van der Waals surface area contributed by atoms with Gasteiger partial charge in [-0.3, -0.25) is 0 Å². The van der Waals surface area contributed by atoms with E-state index in [0.717, 1.165) is 5.69 Å². The fraction of sp³-hybridized carbons (Fsp3) is 0.250. The molecule has 0 aromatic heterocycles. The van der Waals surface area contributed by atoms with E-state index in [2.05, 4.69) is 5.32 Å². The summed E-state index contributed by atoms with van der Waals surface area (Å²) < 4.78 is 5.04. The number of hydrogen-bond acceptors (Lipinski definition) is 4. The third-order valence-electron chi connectivity index (χ3n) is 1.79. The summed E-state index contributed by atoms with van der Waals surface area (Å²) in [5, 5.41) is 20.7. The summed E-state index contributed by atoms with van der Waals surface area (Å²) in [4.78, 5) is 0. The first-order valence-electron chi connectivity index (χ1n) is 3.91. The van der Waals surface area contributed by atoms with Crippen molar-refractivity contribution >= 4 is 18.3 Å². The summed E-state index contributed by atoms with van der Waals surface area (Å²) in [5.74, 6) is 0.591. The molecule has 0 amide bonds.